The molecule has 0 saturated carbocycles. The lowest BCUT2D eigenvalue weighted by molar-refractivity contribution is 0.787. The molecule has 3 aromatic heterocycles. The van der Waals surface area contributed by atoms with Crippen molar-refractivity contribution in [3.63, 3.8) is 0 Å². The molecule has 0 aliphatic heterocycles. The first kappa shape index (κ1) is 10.5. The molecule has 86 valence electrons. The molecule has 3 aromatic rings. The maximum absolute atomic E-state index is 5.68. The molecule has 0 radical (unpaired) electrons. The minimum Gasteiger partial charge on any atom is -0.368 e. The Kier molecular flexibility index (Phi) is 2.45. The summed E-state index contributed by atoms with van der Waals surface area (Å²) < 4.78 is 1.83. The topological polar surface area (TPSA) is 82.5 Å². The van der Waals surface area contributed by atoms with Crippen LogP contribution >= 0.6 is 23.1 Å². The molecule has 0 saturated heterocycles. The van der Waals surface area contributed by atoms with Gasteiger partial charge in [0.05, 0.1) is 0 Å². The summed E-state index contributed by atoms with van der Waals surface area (Å²) in [5, 5.41) is 12.4. The highest BCUT2D eigenvalue weighted by Gasteiger charge is 2.11. The highest BCUT2D eigenvalue weighted by molar-refractivity contribution is 7.99. The Bertz CT molecular complexity index is 673. The molecule has 0 atom stereocenters. The molecule has 0 spiro atoms. The first-order valence-corrected chi connectivity index (χ1v) is 6.46. The smallest absolute Gasteiger partial charge is 0.222 e. The van der Waals surface area contributed by atoms with Crippen LogP contribution in [-0.2, 0) is 7.05 Å². The van der Waals surface area contributed by atoms with E-state index in [1.54, 1.807) is 17.7 Å². The van der Waals surface area contributed by atoms with Crippen molar-refractivity contribution < 1.29 is 0 Å². The van der Waals surface area contributed by atoms with E-state index in [2.05, 4.69) is 20.2 Å². The number of aromatic nitrogens is 5. The highest BCUT2D eigenvalue weighted by Crippen LogP contribution is 2.32. The van der Waals surface area contributed by atoms with Crippen LogP contribution < -0.4 is 5.73 Å². The average molecular weight is 264 g/mol. The number of fused-ring (bicyclic) bond motifs is 1. The number of nitrogen functional groups attached to an aromatic ring is 1. The molecule has 0 aliphatic rings. The van der Waals surface area contributed by atoms with Crippen molar-refractivity contribution in [2.45, 2.75) is 10.2 Å². The number of thiophene rings is 1. The van der Waals surface area contributed by atoms with Crippen LogP contribution in [0.5, 0.6) is 0 Å². The van der Waals surface area contributed by atoms with E-state index in [9.17, 15) is 0 Å². The van der Waals surface area contributed by atoms with E-state index in [0.29, 0.717) is 0 Å². The normalized spacial score (nSPS) is 11.1. The van der Waals surface area contributed by atoms with Crippen LogP contribution in [0.15, 0.2) is 28.0 Å². The Labute approximate surface area is 105 Å². The number of aryl methyl sites for hydroxylation is 1. The Morgan fingerprint density at radius 1 is 1.41 bits per heavy atom. The second-order valence-electron chi connectivity index (χ2n) is 3.35. The summed E-state index contributed by atoms with van der Waals surface area (Å²) in [6.45, 7) is 0. The maximum atomic E-state index is 5.68. The molecule has 0 amide bonds. The summed E-state index contributed by atoms with van der Waals surface area (Å²) in [7, 11) is 1.89. The molecule has 3 heterocycles. The lowest BCUT2D eigenvalue weighted by Crippen LogP contribution is -1.96. The van der Waals surface area contributed by atoms with Gasteiger partial charge in [-0.05, 0) is 23.2 Å². The molecule has 3 rings (SSSR count). The molecule has 17 heavy (non-hydrogen) atoms. The van der Waals surface area contributed by atoms with E-state index < -0.39 is 0 Å². The largest absolute Gasteiger partial charge is 0.368 e. The predicted octanol–water partition coefficient (Wildman–Crippen LogP) is 1.55. The van der Waals surface area contributed by atoms with Crippen molar-refractivity contribution in [1.82, 2.24) is 24.7 Å². The summed E-state index contributed by atoms with van der Waals surface area (Å²) in [5.74, 6) is 0.282. The van der Waals surface area contributed by atoms with Gasteiger partial charge in [0.1, 0.15) is 16.2 Å². The molecule has 8 heteroatoms. The van der Waals surface area contributed by atoms with Crippen molar-refractivity contribution >= 4 is 39.3 Å². The number of anilines is 1. The molecule has 6 nitrogen and oxygen atoms in total. The van der Waals surface area contributed by atoms with Gasteiger partial charge in [-0.15, -0.1) is 21.5 Å². The molecule has 0 fully saturated rings. The van der Waals surface area contributed by atoms with Gasteiger partial charge in [0.2, 0.25) is 5.95 Å². The quantitative estimate of drug-likeness (QED) is 0.707. The average Bonchev–Trinajstić information content (AvgIpc) is 2.88. The molecule has 2 N–H and O–H groups in total. The van der Waals surface area contributed by atoms with Crippen LogP contribution in [-0.4, -0.2) is 24.7 Å². The summed E-state index contributed by atoms with van der Waals surface area (Å²) in [6.07, 6.45) is 1.65. The van der Waals surface area contributed by atoms with Gasteiger partial charge in [-0.1, -0.05) is 0 Å². The number of nitrogens with zero attached hydrogens (tertiary/aromatic N) is 5. The lowest BCUT2D eigenvalue weighted by atomic mass is 10.4. The fourth-order valence-electron chi connectivity index (χ4n) is 1.37. The Balaban J connectivity index is 2.11. The molecular formula is C9H8N6S2. The second-order valence-corrected chi connectivity index (χ2v) is 5.20. The summed E-state index contributed by atoms with van der Waals surface area (Å²) in [5.41, 5.74) is 5.68. The zero-order valence-electron chi connectivity index (χ0n) is 8.86. The maximum Gasteiger partial charge on any atom is 0.222 e. The first-order chi connectivity index (χ1) is 8.24. The van der Waals surface area contributed by atoms with Crippen molar-refractivity contribution in [2.75, 3.05) is 5.73 Å². The third-order valence-electron chi connectivity index (χ3n) is 2.17. The van der Waals surface area contributed by atoms with Gasteiger partial charge in [-0.3, -0.25) is 0 Å². The van der Waals surface area contributed by atoms with Gasteiger partial charge in [0.15, 0.2) is 5.16 Å². The third kappa shape index (κ3) is 1.85. The molecule has 0 bridgehead atoms. The van der Waals surface area contributed by atoms with E-state index in [1.165, 1.54) is 11.8 Å². The Morgan fingerprint density at radius 3 is 3.06 bits per heavy atom. The van der Waals surface area contributed by atoms with Crippen LogP contribution in [0, 0.1) is 0 Å². The van der Waals surface area contributed by atoms with Gasteiger partial charge < -0.3 is 10.3 Å². The van der Waals surface area contributed by atoms with E-state index >= 15 is 0 Å². The molecule has 0 unspecified atom stereocenters. The van der Waals surface area contributed by atoms with Crippen molar-refractivity contribution in [2.24, 2.45) is 7.05 Å². The highest BCUT2D eigenvalue weighted by atomic mass is 32.2. The number of hydrogen-bond acceptors (Lipinski definition) is 7. The second kappa shape index (κ2) is 3.97. The van der Waals surface area contributed by atoms with E-state index in [0.717, 1.165) is 20.4 Å². The molecular weight excluding hydrogens is 256 g/mol. The fraction of sp³-hybridized carbons (Fsp3) is 0.111. The number of rotatable bonds is 2. The zero-order valence-corrected chi connectivity index (χ0v) is 10.5. The zero-order chi connectivity index (χ0) is 11.8. The predicted molar refractivity (Wildman–Crippen MR) is 67.0 cm³/mol. The summed E-state index contributed by atoms with van der Waals surface area (Å²) >= 11 is 2.98. The van der Waals surface area contributed by atoms with Gasteiger partial charge in [0.25, 0.3) is 0 Å². The van der Waals surface area contributed by atoms with Gasteiger partial charge in [-0.25, -0.2) is 9.97 Å². The van der Waals surface area contributed by atoms with Gasteiger partial charge in [-0.2, -0.15) is 0 Å². The monoisotopic (exact) mass is 264 g/mol. The van der Waals surface area contributed by atoms with Crippen molar-refractivity contribution in [1.29, 1.82) is 0 Å². The minimum atomic E-state index is 0.282. The minimum absolute atomic E-state index is 0.282. The van der Waals surface area contributed by atoms with Crippen LogP contribution in [0.1, 0.15) is 0 Å². The van der Waals surface area contributed by atoms with Crippen LogP contribution in [0.4, 0.5) is 5.95 Å². The van der Waals surface area contributed by atoms with Gasteiger partial charge in [0, 0.05) is 12.4 Å². The lowest BCUT2D eigenvalue weighted by Gasteiger charge is -2.02. The van der Waals surface area contributed by atoms with Crippen molar-refractivity contribution in [3.05, 3.63) is 17.8 Å². The molecule has 0 aromatic carbocycles. The van der Waals surface area contributed by atoms with E-state index in [-0.39, 0.29) is 5.95 Å². The first-order valence-electron chi connectivity index (χ1n) is 4.76. The van der Waals surface area contributed by atoms with Crippen molar-refractivity contribution in [3.8, 4) is 0 Å². The fourth-order valence-corrected chi connectivity index (χ4v) is 3.07. The summed E-state index contributed by atoms with van der Waals surface area (Å²) in [4.78, 5) is 9.31. The SMILES string of the molecule is Cn1cnnc1Sc1nc(N)nc2sccc12. The van der Waals surface area contributed by atoms with E-state index in [1.807, 2.05) is 23.1 Å². The standard InChI is InChI=1S/C9H8N6S2/c1-15-4-11-14-9(15)17-7-5-2-3-16-6(5)12-8(10)13-7/h2-4H,1H3,(H2,10,12,13). The molecule has 0 aliphatic carbocycles. The van der Waals surface area contributed by atoms with Gasteiger partial charge >= 0.3 is 0 Å². The van der Waals surface area contributed by atoms with Crippen LogP contribution in [0.25, 0.3) is 10.2 Å². The van der Waals surface area contributed by atoms with Crippen LogP contribution in [0.3, 0.4) is 0 Å². The third-order valence-corrected chi connectivity index (χ3v) is 4.03. The number of nitrogens with two attached hydrogens (primary N) is 1. The van der Waals surface area contributed by atoms with Crippen LogP contribution in [0.2, 0.25) is 0 Å². The van der Waals surface area contributed by atoms with E-state index in [4.69, 9.17) is 5.73 Å². The Morgan fingerprint density at radius 2 is 2.29 bits per heavy atom. The summed E-state index contributed by atoms with van der Waals surface area (Å²) in [6, 6.07) is 1.98. The Hall–Kier alpha value is -1.67. The number of hydrogen-bond donors (Lipinski definition) is 1.